The predicted molar refractivity (Wildman–Crippen MR) is 71.2 cm³/mol. The van der Waals surface area contributed by atoms with Crippen molar-refractivity contribution in [3.05, 3.63) is 45.7 Å². The fourth-order valence-corrected chi connectivity index (χ4v) is 2.29. The molecule has 0 fully saturated rings. The third-order valence-electron chi connectivity index (χ3n) is 2.69. The maximum absolute atomic E-state index is 4.44. The van der Waals surface area contributed by atoms with Gasteiger partial charge < -0.3 is 5.32 Å². The van der Waals surface area contributed by atoms with Crippen LogP contribution in [0.4, 0.5) is 0 Å². The van der Waals surface area contributed by atoms with E-state index in [2.05, 4.69) is 27.6 Å². The molecule has 0 aliphatic carbocycles. The van der Waals surface area contributed by atoms with Gasteiger partial charge >= 0.3 is 0 Å². The molecule has 2 aromatic heterocycles. The highest BCUT2D eigenvalue weighted by Crippen LogP contribution is 2.08. The topological polar surface area (TPSA) is 37.8 Å². The largest absolute Gasteiger partial charge is 0.312 e. The Hall–Kier alpha value is -1.26. The molecule has 0 unspecified atom stereocenters. The second kappa shape index (κ2) is 5.89. The van der Waals surface area contributed by atoms with Crippen molar-refractivity contribution in [1.29, 1.82) is 0 Å². The minimum absolute atomic E-state index is 0.878. The number of rotatable bonds is 5. The summed E-state index contributed by atoms with van der Waals surface area (Å²) in [7, 11) is 0. The number of thiazole rings is 1. The fraction of sp³-hybridized carbons (Fsp3) is 0.385. The molecule has 0 bridgehead atoms. The molecule has 0 atom stereocenters. The Bertz CT molecular complexity index is 479. The number of nitrogens with zero attached hydrogens (tertiary/aromatic N) is 2. The monoisotopic (exact) mass is 247 g/mol. The van der Waals surface area contributed by atoms with Crippen molar-refractivity contribution in [2.45, 2.75) is 26.8 Å². The Morgan fingerprint density at radius 3 is 2.94 bits per heavy atom. The van der Waals surface area contributed by atoms with E-state index < -0.39 is 0 Å². The van der Waals surface area contributed by atoms with Gasteiger partial charge in [-0.05, 0) is 31.0 Å². The molecule has 0 saturated heterocycles. The first kappa shape index (κ1) is 12.2. The molecule has 4 heteroatoms. The molecule has 17 heavy (non-hydrogen) atoms. The van der Waals surface area contributed by atoms with Gasteiger partial charge in [0.1, 0.15) is 0 Å². The molecular formula is C13H17N3S. The van der Waals surface area contributed by atoms with Gasteiger partial charge in [0.15, 0.2) is 0 Å². The molecule has 0 aliphatic heterocycles. The maximum Gasteiger partial charge on any atom is 0.0897 e. The van der Waals surface area contributed by atoms with Gasteiger partial charge in [-0.2, -0.15) is 0 Å². The van der Waals surface area contributed by atoms with Crippen molar-refractivity contribution in [2.24, 2.45) is 0 Å². The van der Waals surface area contributed by atoms with Crippen LogP contribution in [0.25, 0.3) is 0 Å². The van der Waals surface area contributed by atoms with Gasteiger partial charge in [-0.25, -0.2) is 4.98 Å². The molecule has 0 radical (unpaired) electrons. The predicted octanol–water partition coefficient (Wildman–Crippen LogP) is 2.49. The SMILES string of the molecule is Cc1nc(CCNCc2cnccc2C)cs1. The van der Waals surface area contributed by atoms with Gasteiger partial charge in [-0.1, -0.05) is 0 Å². The molecule has 2 rings (SSSR count). The Balaban J connectivity index is 1.75. The minimum atomic E-state index is 0.878. The van der Waals surface area contributed by atoms with Crippen LogP contribution in [0.3, 0.4) is 0 Å². The highest BCUT2D eigenvalue weighted by Gasteiger charge is 1.99. The van der Waals surface area contributed by atoms with Crippen LogP contribution in [-0.4, -0.2) is 16.5 Å². The number of aromatic nitrogens is 2. The summed E-state index contributed by atoms with van der Waals surface area (Å²) in [5.74, 6) is 0. The number of aryl methyl sites for hydroxylation is 2. The summed E-state index contributed by atoms with van der Waals surface area (Å²) >= 11 is 1.71. The summed E-state index contributed by atoms with van der Waals surface area (Å²) in [6.45, 7) is 5.99. The Morgan fingerprint density at radius 1 is 1.35 bits per heavy atom. The zero-order valence-electron chi connectivity index (χ0n) is 10.2. The third kappa shape index (κ3) is 3.61. The standard InChI is InChI=1S/C13H17N3S/c1-10-3-5-14-7-12(10)8-15-6-4-13-9-17-11(2)16-13/h3,5,7,9,15H,4,6,8H2,1-2H3. The summed E-state index contributed by atoms with van der Waals surface area (Å²) in [6.07, 6.45) is 4.75. The van der Waals surface area contributed by atoms with Crippen molar-refractivity contribution in [2.75, 3.05) is 6.54 Å². The van der Waals surface area contributed by atoms with Crippen molar-refractivity contribution in [3.8, 4) is 0 Å². The molecule has 3 nitrogen and oxygen atoms in total. The number of pyridine rings is 1. The van der Waals surface area contributed by atoms with Crippen molar-refractivity contribution >= 4 is 11.3 Å². The van der Waals surface area contributed by atoms with E-state index >= 15 is 0 Å². The molecule has 90 valence electrons. The molecule has 2 aromatic rings. The van der Waals surface area contributed by atoms with Gasteiger partial charge in [-0.15, -0.1) is 11.3 Å². The molecule has 0 saturated carbocycles. The van der Waals surface area contributed by atoms with Crippen molar-refractivity contribution in [3.63, 3.8) is 0 Å². The van der Waals surface area contributed by atoms with E-state index in [0.717, 1.165) is 24.5 Å². The first-order chi connectivity index (χ1) is 8.25. The summed E-state index contributed by atoms with van der Waals surface area (Å²) in [5, 5.41) is 6.70. The minimum Gasteiger partial charge on any atom is -0.312 e. The smallest absolute Gasteiger partial charge is 0.0897 e. The summed E-state index contributed by atoms with van der Waals surface area (Å²) < 4.78 is 0. The van der Waals surface area contributed by atoms with E-state index in [0.29, 0.717) is 0 Å². The van der Waals surface area contributed by atoms with Crippen LogP contribution in [0.1, 0.15) is 21.8 Å². The fourth-order valence-electron chi connectivity index (χ4n) is 1.64. The number of hydrogen-bond acceptors (Lipinski definition) is 4. The zero-order chi connectivity index (χ0) is 12.1. The van der Waals surface area contributed by atoms with Crippen LogP contribution >= 0.6 is 11.3 Å². The summed E-state index contributed by atoms with van der Waals surface area (Å²) in [5.41, 5.74) is 3.74. The van der Waals surface area contributed by atoms with Gasteiger partial charge in [-0.3, -0.25) is 4.98 Å². The van der Waals surface area contributed by atoms with Crippen LogP contribution in [0.5, 0.6) is 0 Å². The average molecular weight is 247 g/mol. The van der Waals surface area contributed by atoms with Crippen LogP contribution in [0.15, 0.2) is 23.8 Å². The molecule has 0 aromatic carbocycles. The van der Waals surface area contributed by atoms with Crippen molar-refractivity contribution in [1.82, 2.24) is 15.3 Å². The quantitative estimate of drug-likeness (QED) is 0.825. The summed E-state index contributed by atoms with van der Waals surface area (Å²) in [4.78, 5) is 8.57. The molecule has 0 aliphatic rings. The van der Waals surface area contributed by atoms with Gasteiger partial charge in [0, 0.05) is 37.3 Å². The maximum atomic E-state index is 4.44. The normalized spacial score (nSPS) is 10.7. The number of nitrogens with one attached hydrogen (secondary N) is 1. The average Bonchev–Trinajstić information content (AvgIpc) is 2.73. The Morgan fingerprint density at radius 2 is 2.24 bits per heavy atom. The van der Waals surface area contributed by atoms with Crippen LogP contribution in [0, 0.1) is 13.8 Å². The van der Waals surface area contributed by atoms with Gasteiger partial charge in [0.2, 0.25) is 0 Å². The van der Waals surface area contributed by atoms with Crippen molar-refractivity contribution < 1.29 is 0 Å². The molecule has 0 amide bonds. The lowest BCUT2D eigenvalue weighted by Crippen LogP contribution is -2.17. The Kier molecular flexibility index (Phi) is 4.23. The van der Waals surface area contributed by atoms with E-state index in [9.17, 15) is 0 Å². The summed E-state index contributed by atoms with van der Waals surface area (Å²) in [6, 6.07) is 2.04. The van der Waals surface area contributed by atoms with Gasteiger partial charge in [0.05, 0.1) is 10.7 Å². The van der Waals surface area contributed by atoms with E-state index in [4.69, 9.17) is 0 Å². The van der Waals surface area contributed by atoms with E-state index in [1.54, 1.807) is 11.3 Å². The second-order valence-corrected chi connectivity index (χ2v) is 5.15. The lowest BCUT2D eigenvalue weighted by molar-refractivity contribution is 0.677. The zero-order valence-corrected chi connectivity index (χ0v) is 11.0. The first-order valence-electron chi connectivity index (χ1n) is 5.77. The van der Waals surface area contributed by atoms with Crippen LogP contribution in [-0.2, 0) is 13.0 Å². The Labute approximate surface area is 106 Å². The lowest BCUT2D eigenvalue weighted by Gasteiger charge is -2.06. The van der Waals surface area contributed by atoms with Crippen LogP contribution < -0.4 is 5.32 Å². The molecule has 2 heterocycles. The van der Waals surface area contributed by atoms with E-state index in [-0.39, 0.29) is 0 Å². The van der Waals surface area contributed by atoms with Crippen LogP contribution in [0.2, 0.25) is 0 Å². The molecule has 1 N–H and O–H groups in total. The molecular weight excluding hydrogens is 230 g/mol. The first-order valence-corrected chi connectivity index (χ1v) is 6.65. The van der Waals surface area contributed by atoms with Gasteiger partial charge in [0.25, 0.3) is 0 Å². The van der Waals surface area contributed by atoms with E-state index in [1.807, 2.05) is 25.4 Å². The lowest BCUT2D eigenvalue weighted by atomic mass is 10.1. The second-order valence-electron chi connectivity index (χ2n) is 4.09. The van der Waals surface area contributed by atoms with E-state index in [1.165, 1.54) is 16.8 Å². The number of hydrogen-bond donors (Lipinski definition) is 1. The molecule has 0 spiro atoms. The highest BCUT2D eigenvalue weighted by atomic mass is 32.1. The third-order valence-corrected chi connectivity index (χ3v) is 3.51. The highest BCUT2D eigenvalue weighted by molar-refractivity contribution is 7.09.